The SMILES string of the molecule is Cc1ccc2c(n1)CCC(CC(=O)O)C2=O. The molecule has 4 heteroatoms. The number of aryl methyl sites for hydroxylation is 2. The third-order valence-corrected chi connectivity index (χ3v) is 2.90. The van der Waals surface area contributed by atoms with Crippen LogP contribution in [0.5, 0.6) is 0 Å². The number of carbonyl (C=O) groups is 2. The Kier molecular flexibility index (Phi) is 2.73. The molecule has 1 aliphatic carbocycles. The zero-order valence-electron chi connectivity index (χ0n) is 9.06. The number of aliphatic carboxylic acids is 1. The summed E-state index contributed by atoms with van der Waals surface area (Å²) in [6, 6.07) is 3.55. The summed E-state index contributed by atoms with van der Waals surface area (Å²) in [7, 11) is 0. The minimum Gasteiger partial charge on any atom is -0.481 e. The summed E-state index contributed by atoms with van der Waals surface area (Å²) in [6.07, 6.45) is 1.21. The van der Waals surface area contributed by atoms with Gasteiger partial charge in [-0.1, -0.05) is 0 Å². The second-order valence-electron chi connectivity index (χ2n) is 4.14. The van der Waals surface area contributed by atoms with E-state index in [1.807, 2.05) is 6.92 Å². The molecule has 1 aromatic heterocycles. The molecular formula is C12H13NO3. The summed E-state index contributed by atoms with van der Waals surface area (Å²) in [5.41, 5.74) is 2.30. The number of rotatable bonds is 2. The van der Waals surface area contributed by atoms with Crippen molar-refractivity contribution in [1.29, 1.82) is 0 Å². The first kappa shape index (κ1) is 10.8. The van der Waals surface area contributed by atoms with Gasteiger partial charge in [-0.15, -0.1) is 0 Å². The highest BCUT2D eigenvalue weighted by atomic mass is 16.4. The fourth-order valence-electron chi connectivity index (χ4n) is 2.09. The number of pyridine rings is 1. The van der Waals surface area contributed by atoms with Crippen LogP contribution < -0.4 is 0 Å². The van der Waals surface area contributed by atoms with Crippen LogP contribution in [0, 0.1) is 12.8 Å². The maximum Gasteiger partial charge on any atom is 0.304 e. The predicted molar refractivity (Wildman–Crippen MR) is 57.4 cm³/mol. The summed E-state index contributed by atoms with van der Waals surface area (Å²) < 4.78 is 0. The van der Waals surface area contributed by atoms with E-state index in [9.17, 15) is 9.59 Å². The van der Waals surface area contributed by atoms with E-state index >= 15 is 0 Å². The van der Waals surface area contributed by atoms with Crippen LogP contribution in [0.15, 0.2) is 12.1 Å². The highest BCUT2D eigenvalue weighted by Gasteiger charge is 2.29. The molecule has 4 nitrogen and oxygen atoms in total. The third-order valence-electron chi connectivity index (χ3n) is 2.90. The Bertz CT molecular complexity index is 454. The smallest absolute Gasteiger partial charge is 0.304 e. The lowest BCUT2D eigenvalue weighted by molar-refractivity contribution is -0.137. The molecule has 0 spiro atoms. The molecule has 0 saturated carbocycles. The van der Waals surface area contributed by atoms with Crippen molar-refractivity contribution < 1.29 is 14.7 Å². The Morgan fingerprint density at radius 2 is 2.31 bits per heavy atom. The zero-order valence-corrected chi connectivity index (χ0v) is 9.06. The summed E-state index contributed by atoms with van der Waals surface area (Å²) in [5.74, 6) is -1.37. The van der Waals surface area contributed by atoms with Crippen LogP contribution in [0.25, 0.3) is 0 Å². The highest BCUT2D eigenvalue weighted by molar-refractivity contribution is 6.01. The summed E-state index contributed by atoms with van der Waals surface area (Å²) in [6.45, 7) is 1.88. The molecular weight excluding hydrogens is 206 g/mol. The van der Waals surface area contributed by atoms with Crippen molar-refractivity contribution in [3.63, 3.8) is 0 Å². The maximum absolute atomic E-state index is 12.0. The molecule has 0 fully saturated rings. The minimum absolute atomic E-state index is 0.0730. The van der Waals surface area contributed by atoms with Crippen LogP contribution in [-0.2, 0) is 11.2 Å². The van der Waals surface area contributed by atoms with Gasteiger partial charge in [0.2, 0.25) is 0 Å². The van der Waals surface area contributed by atoms with Crippen molar-refractivity contribution in [1.82, 2.24) is 4.98 Å². The van der Waals surface area contributed by atoms with Crippen LogP contribution in [0.2, 0.25) is 0 Å². The molecule has 0 aliphatic heterocycles. The molecule has 1 aromatic rings. The molecule has 1 unspecified atom stereocenters. The van der Waals surface area contributed by atoms with E-state index in [1.54, 1.807) is 12.1 Å². The van der Waals surface area contributed by atoms with Crippen molar-refractivity contribution in [3.8, 4) is 0 Å². The van der Waals surface area contributed by atoms with Crippen molar-refractivity contribution >= 4 is 11.8 Å². The number of nitrogens with zero attached hydrogens (tertiary/aromatic N) is 1. The molecule has 16 heavy (non-hydrogen) atoms. The van der Waals surface area contributed by atoms with Gasteiger partial charge in [0.1, 0.15) is 0 Å². The average Bonchev–Trinajstić information content (AvgIpc) is 2.22. The van der Waals surface area contributed by atoms with Crippen molar-refractivity contribution in [2.24, 2.45) is 5.92 Å². The molecule has 2 rings (SSSR count). The lowest BCUT2D eigenvalue weighted by atomic mass is 9.83. The van der Waals surface area contributed by atoms with Crippen LogP contribution >= 0.6 is 0 Å². The number of carboxylic acid groups (broad SMARTS) is 1. The van der Waals surface area contributed by atoms with Gasteiger partial charge in [0, 0.05) is 17.2 Å². The van der Waals surface area contributed by atoms with Gasteiger partial charge in [-0.25, -0.2) is 0 Å². The lowest BCUT2D eigenvalue weighted by Gasteiger charge is -2.21. The number of carboxylic acids is 1. The average molecular weight is 219 g/mol. The number of ketones is 1. The Morgan fingerprint density at radius 3 is 3.00 bits per heavy atom. The topological polar surface area (TPSA) is 67.3 Å². The molecule has 0 saturated heterocycles. The fourth-order valence-corrected chi connectivity index (χ4v) is 2.09. The van der Waals surface area contributed by atoms with Crippen molar-refractivity contribution in [2.75, 3.05) is 0 Å². The van der Waals surface area contributed by atoms with E-state index in [-0.39, 0.29) is 18.1 Å². The van der Waals surface area contributed by atoms with Gasteiger partial charge in [-0.05, 0) is 31.9 Å². The number of aromatic nitrogens is 1. The Hall–Kier alpha value is -1.71. The quantitative estimate of drug-likeness (QED) is 0.820. The van der Waals surface area contributed by atoms with E-state index in [4.69, 9.17) is 5.11 Å². The number of carbonyl (C=O) groups excluding carboxylic acids is 1. The molecule has 1 aliphatic rings. The Labute approximate surface area is 93.3 Å². The largest absolute Gasteiger partial charge is 0.481 e. The molecule has 1 N–H and O–H groups in total. The van der Waals surface area contributed by atoms with E-state index < -0.39 is 5.97 Å². The molecule has 0 bridgehead atoms. The molecule has 0 aromatic carbocycles. The maximum atomic E-state index is 12.0. The lowest BCUT2D eigenvalue weighted by Crippen LogP contribution is -2.25. The van der Waals surface area contributed by atoms with Crippen LogP contribution in [0.1, 0.15) is 34.6 Å². The molecule has 0 amide bonds. The molecule has 1 heterocycles. The monoisotopic (exact) mass is 219 g/mol. The molecule has 0 radical (unpaired) electrons. The van der Waals surface area contributed by atoms with E-state index in [1.165, 1.54) is 0 Å². The minimum atomic E-state index is -0.915. The molecule has 1 atom stereocenters. The van der Waals surface area contributed by atoms with Crippen LogP contribution in [0.3, 0.4) is 0 Å². The van der Waals surface area contributed by atoms with E-state index in [0.717, 1.165) is 11.4 Å². The van der Waals surface area contributed by atoms with Crippen molar-refractivity contribution in [3.05, 3.63) is 29.1 Å². The van der Waals surface area contributed by atoms with Gasteiger partial charge >= 0.3 is 5.97 Å². The second kappa shape index (κ2) is 4.04. The van der Waals surface area contributed by atoms with Crippen molar-refractivity contribution in [2.45, 2.75) is 26.2 Å². The number of fused-ring (bicyclic) bond motifs is 1. The van der Waals surface area contributed by atoms with E-state index in [2.05, 4.69) is 4.98 Å². The van der Waals surface area contributed by atoms with E-state index in [0.29, 0.717) is 18.4 Å². The first-order valence-corrected chi connectivity index (χ1v) is 5.30. The zero-order chi connectivity index (χ0) is 11.7. The van der Waals surface area contributed by atoms with Gasteiger partial charge in [0.25, 0.3) is 0 Å². The Morgan fingerprint density at radius 1 is 1.56 bits per heavy atom. The predicted octanol–water partition coefficient (Wildman–Crippen LogP) is 1.61. The Balaban J connectivity index is 2.29. The second-order valence-corrected chi connectivity index (χ2v) is 4.14. The number of Topliss-reactive ketones (excluding diaryl/α,β-unsaturated/α-hetero) is 1. The third kappa shape index (κ3) is 1.96. The first-order valence-electron chi connectivity index (χ1n) is 5.30. The normalized spacial score (nSPS) is 19.3. The van der Waals surface area contributed by atoms with Gasteiger partial charge in [-0.2, -0.15) is 0 Å². The van der Waals surface area contributed by atoms with Gasteiger partial charge in [0.05, 0.1) is 12.1 Å². The standard InChI is InChI=1S/C12H13NO3/c1-7-2-4-9-10(13-7)5-3-8(12(9)16)6-11(14)15/h2,4,8H,3,5-6H2,1H3,(H,14,15). The van der Waals surface area contributed by atoms with Gasteiger partial charge in [-0.3, -0.25) is 14.6 Å². The summed E-state index contributed by atoms with van der Waals surface area (Å²) in [5, 5.41) is 8.71. The van der Waals surface area contributed by atoms with Crippen LogP contribution in [0.4, 0.5) is 0 Å². The number of hydrogen-bond donors (Lipinski definition) is 1. The summed E-state index contributed by atoms with van der Waals surface area (Å²) >= 11 is 0. The number of hydrogen-bond acceptors (Lipinski definition) is 3. The van der Waals surface area contributed by atoms with Crippen LogP contribution in [-0.4, -0.2) is 21.8 Å². The fraction of sp³-hybridized carbons (Fsp3) is 0.417. The van der Waals surface area contributed by atoms with Gasteiger partial charge < -0.3 is 5.11 Å². The van der Waals surface area contributed by atoms with Gasteiger partial charge in [0.15, 0.2) is 5.78 Å². The summed E-state index contributed by atoms with van der Waals surface area (Å²) in [4.78, 5) is 26.9. The molecule has 84 valence electrons. The first-order chi connectivity index (χ1) is 7.58. The highest BCUT2D eigenvalue weighted by Crippen LogP contribution is 2.26.